The predicted molar refractivity (Wildman–Crippen MR) is 75.2 cm³/mol. The maximum Gasteiger partial charge on any atom is 0.0333 e. The minimum atomic E-state index is 0.152. The van der Waals surface area contributed by atoms with E-state index in [-0.39, 0.29) is 5.54 Å². The molecule has 0 heterocycles. The van der Waals surface area contributed by atoms with Crippen LogP contribution in [0.25, 0.3) is 0 Å². The molecule has 0 radical (unpaired) electrons. The van der Waals surface area contributed by atoms with Crippen molar-refractivity contribution < 1.29 is 0 Å². The smallest absolute Gasteiger partial charge is 0.0333 e. The Labute approximate surface area is 110 Å². The van der Waals surface area contributed by atoms with Gasteiger partial charge in [-0.3, -0.25) is 0 Å². The highest BCUT2D eigenvalue weighted by Crippen LogP contribution is 2.06. The van der Waals surface area contributed by atoms with E-state index in [1.165, 1.54) is 5.56 Å². The Bertz CT molecular complexity index is 390. The molecule has 0 amide bonds. The number of alkyl halides is 1. The Balaban J connectivity index is 2.54. The molecule has 0 saturated carbocycles. The van der Waals surface area contributed by atoms with Gasteiger partial charge in [0.15, 0.2) is 0 Å². The maximum atomic E-state index is 5.57. The molecule has 0 aliphatic rings. The zero-order valence-electron chi connectivity index (χ0n) is 10.8. The fourth-order valence-electron chi connectivity index (χ4n) is 1.28. The van der Waals surface area contributed by atoms with Gasteiger partial charge < -0.3 is 5.32 Å². The van der Waals surface area contributed by atoms with Crippen LogP contribution in [0.15, 0.2) is 24.3 Å². The zero-order valence-corrected chi connectivity index (χ0v) is 11.6. The summed E-state index contributed by atoms with van der Waals surface area (Å²) in [6.45, 7) is 7.38. The molecule has 1 N–H and O–H groups in total. The van der Waals surface area contributed by atoms with Crippen LogP contribution < -0.4 is 5.32 Å². The van der Waals surface area contributed by atoms with Gasteiger partial charge in [-0.25, -0.2) is 0 Å². The van der Waals surface area contributed by atoms with Gasteiger partial charge in [-0.05, 0) is 38.5 Å². The van der Waals surface area contributed by atoms with E-state index in [2.05, 4.69) is 62.2 Å². The quantitative estimate of drug-likeness (QED) is 0.638. The van der Waals surface area contributed by atoms with Crippen molar-refractivity contribution in [1.82, 2.24) is 5.32 Å². The number of hydrogen-bond acceptors (Lipinski definition) is 1. The van der Waals surface area contributed by atoms with E-state index in [0.717, 1.165) is 18.5 Å². The van der Waals surface area contributed by atoms with Gasteiger partial charge in [-0.15, -0.1) is 11.6 Å². The third kappa shape index (κ3) is 6.36. The molecule has 1 nitrogen and oxygen atoms in total. The molecule has 0 aromatic heterocycles. The van der Waals surface area contributed by atoms with E-state index in [1.807, 2.05) is 0 Å². The molecule has 0 atom stereocenters. The molecule has 0 spiro atoms. The second-order valence-electron chi connectivity index (χ2n) is 5.04. The van der Waals surface area contributed by atoms with E-state index in [4.69, 9.17) is 11.6 Å². The number of benzene rings is 1. The van der Waals surface area contributed by atoms with Crippen molar-refractivity contribution >= 4 is 11.6 Å². The lowest BCUT2D eigenvalue weighted by Gasteiger charge is -2.20. The van der Waals surface area contributed by atoms with E-state index in [9.17, 15) is 0 Å². The highest BCUT2D eigenvalue weighted by Gasteiger charge is 2.07. The molecule has 0 aliphatic heterocycles. The second-order valence-corrected chi connectivity index (χ2v) is 5.42. The molecule has 0 bridgehead atoms. The maximum absolute atomic E-state index is 5.57. The fourth-order valence-corrected chi connectivity index (χ4v) is 1.38. The van der Waals surface area contributed by atoms with Crippen LogP contribution in [0.1, 0.15) is 38.3 Å². The summed E-state index contributed by atoms with van der Waals surface area (Å²) in [6, 6.07) is 8.34. The molecule has 17 heavy (non-hydrogen) atoms. The molecule has 92 valence electrons. The van der Waals surface area contributed by atoms with Crippen LogP contribution in [-0.2, 0) is 6.54 Å². The number of halogens is 1. The van der Waals surface area contributed by atoms with Crippen LogP contribution in [0.3, 0.4) is 0 Å². The minimum Gasteiger partial charge on any atom is -0.308 e. The standard InChI is InChI=1S/C15H20ClN/c1-15(2,3)17-12-14-9-7-13(8-10-14)6-4-5-11-16/h7-10,17H,5,11-12H2,1-3H3. The Morgan fingerprint density at radius 3 is 2.35 bits per heavy atom. The van der Waals surface area contributed by atoms with Crippen LogP contribution in [0.2, 0.25) is 0 Å². The highest BCUT2D eigenvalue weighted by molar-refractivity contribution is 6.18. The van der Waals surface area contributed by atoms with Gasteiger partial charge in [0.2, 0.25) is 0 Å². The van der Waals surface area contributed by atoms with Crippen LogP contribution in [0, 0.1) is 11.8 Å². The highest BCUT2D eigenvalue weighted by atomic mass is 35.5. The molecule has 1 aromatic rings. The van der Waals surface area contributed by atoms with Crippen molar-refractivity contribution in [2.75, 3.05) is 5.88 Å². The van der Waals surface area contributed by atoms with E-state index in [1.54, 1.807) is 0 Å². The first kappa shape index (κ1) is 14.1. The van der Waals surface area contributed by atoms with E-state index >= 15 is 0 Å². The van der Waals surface area contributed by atoms with Gasteiger partial charge in [0.05, 0.1) is 0 Å². The van der Waals surface area contributed by atoms with Gasteiger partial charge in [0.25, 0.3) is 0 Å². The van der Waals surface area contributed by atoms with E-state index in [0.29, 0.717) is 5.88 Å². The Hall–Kier alpha value is -0.970. The normalized spacial score (nSPS) is 10.8. The SMILES string of the molecule is CC(C)(C)NCc1ccc(C#CCCCl)cc1. The number of nitrogens with one attached hydrogen (secondary N) is 1. The summed E-state index contributed by atoms with van der Waals surface area (Å²) in [5.74, 6) is 6.72. The molecule has 0 aliphatic carbocycles. The van der Waals surface area contributed by atoms with Gasteiger partial charge >= 0.3 is 0 Å². The summed E-state index contributed by atoms with van der Waals surface area (Å²) in [7, 11) is 0. The van der Waals surface area contributed by atoms with Gasteiger partial charge in [0, 0.05) is 29.9 Å². The van der Waals surface area contributed by atoms with Crippen molar-refractivity contribution in [2.24, 2.45) is 0 Å². The van der Waals surface area contributed by atoms with Crippen molar-refractivity contribution in [3.63, 3.8) is 0 Å². The van der Waals surface area contributed by atoms with Crippen LogP contribution >= 0.6 is 11.6 Å². The Kier molecular flexibility index (Phi) is 5.55. The van der Waals surface area contributed by atoms with E-state index < -0.39 is 0 Å². The lowest BCUT2D eigenvalue weighted by atomic mass is 10.1. The molecule has 0 fully saturated rings. The zero-order chi connectivity index (χ0) is 12.7. The third-order valence-electron chi connectivity index (χ3n) is 2.23. The molecular formula is C15H20ClN. The van der Waals surface area contributed by atoms with Crippen molar-refractivity contribution in [2.45, 2.75) is 39.3 Å². The number of rotatable bonds is 3. The van der Waals surface area contributed by atoms with Crippen molar-refractivity contribution in [1.29, 1.82) is 0 Å². The second kappa shape index (κ2) is 6.69. The lowest BCUT2D eigenvalue weighted by molar-refractivity contribution is 0.424. The van der Waals surface area contributed by atoms with Crippen LogP contribution in [0.5, 0.6) is 0 Å². The van der Waals surface area contributed by atoms with Crippen LogP contribution in [0.4, 0.5) is 0 Å². The predicted octanol–water partition coefficient (Wildman–Crippen LogP) is 3.56. The molecule has 1 aromatic carbocycles. The molecule has 0 unspecified atom stereocenters. The fraction of sp³-hybridized carbons (Fsp3) is 0.467. The van der Waals surface area contributed by atoms with Gasteiger partial charge in [-0.1, -0.05) is 24.0 Å². The summed E-state index contributed by atoms with van der Waals surface area (Å²) in [6.07, 6.45) is 0.745. The summed E-state index contributed by atoms with van der Waals surface area (Å²) < 4.78 is 0. The summed E-state index contributed by atoms with van der Waals surface area (Å²) in [5, 5.41) is 3.46. The summed E-state index contributed by atoms with van der Waals surface area (Å²) >= 11 is 5.57. The summed E-state index contributed by atoms with van der Waals surface area (Å²) in [5.41, 5.74) is 2.48. The first-order chi connectivity index (χ1) is 8.01. The molecule has 0 saturated heterocycles. The number of hydrogen-bond donors (Lipinski definition) is 1. The average Bonchev–Trinajstić information content (AvgIpc) is 2.27. The molecule has 2 heteroatoms. The minimum absolute atomic E-state index is 0.152. The Morgan fingerprint density at radius 1 is 1.18 bits per heavy atom. The molecule has 1 rings (SSSR count). The van der Waals surface area contributed by atoms with Crippen molar-refractivity contribution in [3.8, 4) is 11.8 Å². The monoisotopic (exact) mass is 249 g/mol. The average molecular weight is 250 g/mol. The largest absolute Gasteiger partial charge is 0.308 e. The van der Waals surface area contributed by atoms with Gasteiger partial charge in [-0.2, -0.15) is 0 Å². The first-order valence-electron chi connectivity index (χ1n) is 5.90. The topological polar surface area (TPSA) is 12.0 Å². The van der Waals surface area contributed by atoms with Gasteiger partial charge in [0.1, 0.15) is 0 Å². The Morgan fingerprint density at radius 2 is 1.82 bits per heavy atom. The first-order valence-corrected chi connectivity index (χ1v) is 6.43. The lowest BCUT2D eigenvalue weighted by Crippen LogP contribution is -2.35. The summed E-state index contributed by atoms with van der Waals surface area (Å²) in [4.78, 5) is 0. The van der Waals surface area contributed by atoms with Crippen molar-refractivity contribution in [3.05, 3.63) is 35.4 Å². The van der Waals surface area contributed by atoms with Crippen LogP contribution in [-0.4, -0.2) is 11.4 Å². The molecular weight excluding hydrogens is 230 g/mol. The third-order valence-corrected chi connectivity index (χ3v) is 2.42.